The minimum absolute atomic E-state index is 0.0798. The molecule has 6 heteroatoms. The van der Waals surface area contributed by atoms with Crippen molar-refractivity contribution in [2.45, 2.75) is 25.9 Å². The summed E-state index contributed by atoms with van der Waals surface area (Å²) in [7, 11) is 0. The highest BCUT2D eigenvalue weighted by molar-refractivity contribution is 6.32. The molecule has 0 bridgehead atoms. The fourth-order valence-corrected chi connectivity index (χ4v) is 2.99. The fourth-order valence-electron chi connectivity index (χ4n) is 2.71. The molecule has 1 atom stereocenters. The predicted octanol–water partition coefficient (Wildman–Crippen LogP) is 1.82. The first kappa shape index (κ1) is 14.5. The first-order valence-corrected chi connectivity index (χ1v) is 7.63. The van der Waals surface area contributed by atoms with Gasteiger partial charge in [0.1, 0.15) is 13.2 Å². The average Bonchev–Trinajstić information content (AvgIpc) is 2.63. The third-order valence-corrected chi connectivity index (χ3v) is 4.17. The third kappa shape index (κ3) is 3.09. The summed E-state index contributed by atoms with van der Waals surface area (Å²) in [4.78, 5) is 14.0. The summed E-state index contributed by atoms with van der Waals surface area (Å²) in [5, 5.41) is 3.48. The zero-order valence-electron chi connectivity index (χ0n) is 12.0. The zero-order valence-corrected chi connectivity index (χ0v) is 12.8. The fraction of sp³-hybridized carbons (Fsp3) is 0.533. The maximum atomic E-state index is 11.9. The van der Waals surface area contributed by atoms with Crippen molar-refractivity contribution in [1.82, 2.24) is 10.2 Å². The van der Waals surface area contributed by atoms with Crippen LogP contribution in [0.4, 0.5) is 0 Å². The van der Waals surface area contributed by atoms with Crippen molar-refractivity contribution >= 4 is 17.5 Å². The smallest absolute Gasteiger partial charge is 0.237 e. The van der Waals surface area contributed by atoms with Gasteiger partial charge < -0.3 is 14.8 Å². The number of benzene rings is 1. The van der Waals surface area contributed by atoms with Crippen molar-refractivity contribution in [3.63, 3.8) is 0 Å². The summed E-state index contributed by atoms with van der Waals surface area (Å²) in [5.74, 6) is 1.39. The molecule has 5 nitrogen and oxygen atoms in total. The lowest BCUT2D eigenvalue weighted by molar-refractivity contribution is -0.125. The van der Waals surface area contributed by atoms with Gasteiger partial charge in [0, 0.05) is 19.6 Å². The molecule has 2 aliphatic heterocycles. The Kier molecular flexibility index (Phi) is 4.22. The van der Waals surface area contributed by atoms with Gasteiger partial charge in [-0.15, -0.1) is 0 Å². The zero-order chi connectivity index (χ0) is 14.8. The summed E-state index contributed by atoms with van der Waals surface area (Å²) in [6, 6.07) is 3.71. The molecule has 0 unspecified atom stereocenters. The van der Waals surface area contributed by atoms with Crippen LogP contribution in [0.15, 0.2) is 12.1 Å². The average molecular weight is 311 g/mol. The SMILES string of the molecule is C[C@H]1C(=O)NCCCN1Cc1cc(Cl)c2c(c1)OCCO2. The highest BCUT2D eigenvalue weighted by atomic mass is 35.5. The van der Waals surface area contributed by atoms with Gasteiger partial charge in [-0.25, -0.2) is 0 Å². The van der Waals surface area contributed by atoms with Crippen LogP contribution in [0.1, 0.15) is 18.9 Å². The normalized spacial score (nSPS) is 22.6. The summed E-state index contributed by atoms with van der Waals surface area (Å²) < 4.78 is 11.1. The minimum Gasteiger partial charge on any atom is -0.486 e. The maximum absolute atomic E-state index is 11.9. The van der Waals surface area contributed by atoms with Crippen molar-refractivity contribution in [3.8, 4) is 11.5 Å². The number of ether oxygens (including phenoxy) is 2. The van der Waals surface area contributed by atoms with E-state index >= 15 is 0 Å². The molecule has 2 heterocycles. The molecule has 3 rings (SSSR count). The van der Waals surface area contributed by atoms with E-state index in [0.717, 1.165) is 25.1 Å². The Morgan fingerprint density at radius 3 is 3.05 bits per heavy atom. The summed E-state index contributed by atoms with van der Waals surface area (Å²) in [6.07, 6.45) is 0.953. The van der Waals surface area contributed by atoms with E-state index in [1.54, 1.807) is 0 Å². The highest BCUT2D eigenvalue weighted by Crippen LogP contribution is 2.38. The van der Waals surface area contributed by atoms with E-state index in [9.17, 15) is 4.79 Å². The van der Waals surface area contributed by atoms with Gasteiger partial charge in [0.25, 0.3) is 0 Å². The van der Waals surface area contributed by atoms with Gasteiger partial charge >= 0.3 is 0 Å². The number of hydrogen-bond donors (Lipinski definition) is 1. The number of fused-ring (bicyclic) bond motifs is 1. The predicted molar refractivity (Wildman–Crippen MR) is 79.9 cm³/mol. The number of hydrogen-bond acceptors (Lipinski definition) is 4. The van der Waals surface area contributed by atoms with Crippen LogP contribution in [0.2, 0.25) is 5.02 Å². The summed E-state index contributed by atoms with van der Waals surface area (Å²) >= 11 is 6.26. The molecule has 0 aliphatic carbocycles. The Labute approximate surface area is 129 Å². The molecule has 1 aromatic carbocycles. The number of nitrogens with zero attached hydrogens (tertiary/aromatic N) is 1. The van der Waals surface area contributed by atoms with E-state index in [1.165, 1.54) is 0 Å². The summed E-state index contributed by atoms with van der Waals surface area (Å²) in [5.41, 5.74) is 1.03. The minimum atomic E-state index is -0.139. The monoisotopic (exact) mass is 310 g/mol. The maximum Gasteiger partial charge on any atom is 0.237 e. The molecular formula is C15H19ClN2O3. The quantitative estimate of drug-likeness (QED) is 0.905. The standard InChI is InChI=1S/C15H19ClN2O3/c1-10-15(19)17-3-2-4-18(10)9-11-7-12(16)14-13(8-11)20-5-6-21-14/h7-8,10H,2-6,9H2,1H3,(H,17,19)/t10-/m0/s1. The number of halogens is 1. The van der Waals surface area contributed by atoms with E-state index < -0.39 is 0 Å². The second kappa shape index (κ2) is 6.12. The van der Waals surface area contributed by atoms with Crippen LogP contribution in [0.5, 0.6) is 11.5 Å². The Morgan fingerprint density at radius 2 is 2.19 bits per heavy atom. The van der Waals surface area contributed by atoms with Crippen molar-refractivity contribution in [2.24, 2.45) is 0 Å². The van der Waals surface area contributed by atoms with Crippen LogP contribution in [0.3, 0.4) is 0 Å². The Bertz CT molecular complexity index is 550. The molecule has 0 aromatic heterocycles. The van der Waals surface area contributed by atoms with Gasteiger partial charge in [0.15, 0.2) is 11.5 Å². The molecule has 1 aromatic rings. The van der Waals surface area contributed by atoms with Gasteiger partial charge in [-0.2, -0.15) is 0 Å². The molecule has 114 valence electrons. The molecule has 0 saturated carbocycles. The molecular weight excluding hydrogens is 292 g/mol. The van der Waals surface area contributed by atoms with Crippen molar-refractivity contribution in [1.29, 1.82) is 0 Å². The Balaban J connectivity index is 1.81. The van der Waals surface area contributed by atoms with Gasteiger partial charge in [-0.05, 0) is 31.0 Å². The third-order valence-electron chi connectivity index (χ3n) is 3.89. The van der Waals surface area contributed by atoms with E-state index in [-0.39, 0.29) is 11.9 Å². The van der Waals surface area contributed by atoms with Crippen molar-refractivity contribution < 1.29 is 14.3 Å². The highest BCUT2D eigenvalue weighted by Gasteiger charge is 2.25. The van der Waals surface area contributed by atoms with Crippen LogP contribution in [-0.2, 0) is 11.3 Å². The Hall–Kier alpha value is -1.46. The van der Waals surface area contributed by atoms with Crippen molar-refractivity contribution in [2.75, 3.05) is 26.3 Å². The number of amides is 1. The van der Waals surface area contributed by atoms with E-state index in [4.69, 9.17) is 21.1 Å². The number of nitrogens with one attached hydrogen (secondary N) is 1. The second-order valence-corrected chi connectivity index (χ2v) is 5.80. The lowest BCUT2D eigenvalue weighted by atomic mass is 10.1. The number of rotatable bonds is 2. The number of carbonyl (C=O) groups excluding carboxylic acids is 1. The van der Waals surface area contributed by atoms with E-state index in [2.05, 4.69) is 10.2 Å². The topological polar surface area (TPSA) is 50.8 Å². The van der Waals surface area contributed by atoms with Crippen molar-refractivity contribution in [3.05, 3.63) is 22.7 Å². The molecule has 1 saturated heterocycles. The van der Waals surface area contributed by atoms with Gasteiger partial charge in [-0.3, -0.25) is 9.69 Å². The molecule has 2 aliphatic rings. The van der Waals surface area contributed by atoms with Crippen LogP contribution in [-0.4, -0.2) is 43.2 Å². The first-order chi connectivity index (χ1) is 10.1. The van der Waals surface area contributed by atoms with Crippen LogP contribution >= 0.6 is 11.6 Å². The first-order valence-electron chi connectivity index (χ1n) is 7.25. The van der Waals surface area contributed by atoms with Gasteiger partial charge in [0.2, 0.25) is 5.91 Å². The van der Waals surface area contributed by atoms with E-state index in [1.807, 2.05) is 19.1 Å². The molecule has 21 heavy (non-hydrogen) atoms. The lowest BCUT2D eigenvalue weighted by Gasteiger charge is -2.26. The number of carbonyl (C=O) groups is 1. The Morgan fingerprint density at radius 1 is 1.38 bits per heavy atom. The van der Waals surface area contributed by atoms with Crippen LogP contribution in [0, 0.1) is 0 Å². The molecule has 0 radical (unpaired) electrons. The largest absolute Gasteiger partial charge is 0.486 e. The molecule has 1 fully saturated rings. The van der Waals surface area contributed by atoms with E-state index in [0.29, 0.717) is 36.3 Å². The van der Waals surface area contributed by atoms with Gasteiger partial charge in [0.05, 0.1) is 11.1 Å². The molecule has 1 N–H and O–H groups in total. The molecule has 0 spiro atoms. The summed E-state index contributed by atoms with van der Waals surface area (Å²) in [6.45, 7) is 5.28. The van der Waals surface area contributed by atoms with Crippen LogP contribution < -0.4 is 14.8 Å². The van der Waals surface area contributed by atoms with Gasteiger partial charge in [-0.1, -0.05) is 11.6 Å². The van der Waals surface area contributed by atoms with Crippen LogP contribution in [0.25, 0.3) is 0 Å². The second-order valence-electron chi connectivity index (χ2n) is 5.39. The molecule has 1 amide bonds. The lowest BCUT2D eigenvalue weighted by Crippen LogP contribution is -2.41.